The van der Waals surface area contributed by atoms with Crippen molar-refractivity contribution < 1.29 is 46.6 Å². The molecule has 1 N–H and O–H groups in total. The lowest BCUT2D eigenvalue weighted by Gasteiger charge is -2.29. The van der Waals surface area contributed by atoms with Gasteiger partial charge in [-0.05, 0) is 76.5 Å². The zero-order valence-electron chi connectivity index (χ0n) is 23.8. The molecule has 3 atom stereocenters. The number of carbonyl (C=O) groups excluding carboxylic acids is 4. The summed E-state index contributed by atoms with van der Waals surface area (Å²) in [6.07, 6.45) is -3.12. The lowest BCUT2D eigenvalue weighted by Crippen LogP contribution is -2.53. The Morgan fingerprint density at radius 2 is 1.68 bits per heavy atom. The van der Waals surface area contributed by atoms with Crippen molar-refractivity contribution in [2.24, 2.45) is 5.92 Å². The van der Waals surface area contributed by atoms with Crippen molar-refractivity contribution in [2.45, 2.75) is 83.3 Å². The number of rotatable bonds is 9. The van der Waals surface area contributed by atoms with E-state index in [-0.39, 0.29) is 43.4 Å². The Hall–Kier alpha value is -3.51. The van der Waals surface area contributed by atoms with E-state index in [1.807, 2.05) is 0 Å². The molecule has 2 saturated heterocycles. The summed E-state index contributed by atoms with van der Waals surface area (Å²) in [5, 5.41) is 2.58. The number of amides is 3. The Bertz CT molecular complexity index is 1080. The topological polar surface area (TPSA) is 114 Å². The van der Waals surface area contributed by atoms with E-state index < -0.39 is 42.0 Å². The van der Waals surface area contributed by atoms with E-state index in [9.17, 15) is 32.3 Å². The molecule has 0 saturated carbocycles. The Morgan fingerprint density at radius 1 is 1.05 bits per heavy atom. The van der Waals surface area contributed by atoms with Crippen molar-refractivity contribution in [3.05, 3.63) is 29.8 Å². The molecule has 2 unspecified atom stereocenters. The van der Waals surface area contributed by atoms with Crippen LogP contribution in [0.2, 0.25) is 0 Å². The molecule has 0 aromatic heterocycles. The van der Waals surface area contributed by atoms with E-state index >= 15 is 0 Å². The largest absolute Gasteiger partial charge is 0.573 e. The number of nitrogens with zero attached hydrogens (tertiary/aromatic N) is 2. The van der Waals surface area contributed by atoms with Gasteiger partial charge in [0.15, 0.2) is 0 Å². The standard InChI is InChI=1S/C28H38F3N3O7/c1-27(2,3)41-26(38)32-21(11-12-23(35)33-13-5-6-14-33)24(36)34-17-19(16-22(34)25(37)39-4)15-18-7-9-20(10-8-18)40-28(29,30)31/h7-10,19,21-22H,5-6,11-17H2,1-4H3,(H,32,38)/t19?,21-,22?/m1/s1. The van der Waals surface area contributed by atoms with Crippen LogP contribution in [0.15, 0.2) is 24.3 Å². The first kappa shape index (κ1) is 32.0. The maximum atomic E-state index is 13.8. The van der Waals surface area contributed by atoms with Crippen molar-refractivity contribution in [1.29, 1.82) is 0 Å². The van der Waals surface area contributed by atoms with E-state index in [4.69, 9.17) is 9.47 Å². The summed E-state index contributed by atoms with van der Waals surface area (Å²) in [5.41, 5.74) is -0.126. The summed E-state index contributed by atoms with van der Waals surface area (Å²) < 4.78 is 51.6. The number of carbonyl (C=O) groups is 4. The van der Waals surface area contributed by atoms with Gasteiger partial charge in [0, 0.05) is 26.1 Å². The number of esters is 1. The van der Waals surface area contributed by atoms with Crippen molar-refractivity contribution in [1.82, 2.24) is 15.1 Å². The van der Waals surface area contributed by atoms with Crippen LogP contribution in [0.5, 0.6) is 5.75 Å². The fraction of sp³-hybridized carbons (Fsp3) is 0.643. The number of halogens is 3. The number of methoxy groups -OCH3 is 1. The first-order valence-electron chi connectivity index (χ1n) is 13.7. The van der Waals surface area contributed by atoms with E-state index in [1.165, 1.54) is 36.3 Å². The lowest BCUT2D eigenvalue weighted by molar-refractivity contribution is -0.274. The molecular weight excluding hydrogens is 547 g/mol. The van der Waals surface area contributed by atoms with Gasteiger partial charge in [-0.15, -0.1) is 13.2 Å². The smallest absolute Gasteiger partial charge is 0.467 e. The highest BCUT2D eigenvalue weighted by Gasteiger charge is 2.43. The number of alkyl carbamates (subject to hydrolysis) is 1. The molecule has 2 aliphatic heterocycles. The van der Waals surface area contributed by atoms with Gasteiger partial charge in [-0.2, -0.15) is 0 Å². The normalized spacial score (nSPS) is 20.0. The van der Waals surface area contributed by atoms with Crippen LogP contribution in [0.3, 0.4) is 0 Å². The van der Waals surface area contributed by atoms with Crippen LogP contribution >= 0.6 is 0 Å². The van der Waals surface area contributed by atoms with Gasteiger partial charge < -0.3 is 29.3 Å². The molecule has 1 aromatic carbocycles. The number of ether oxygens (including phenoxy) is 3. The highest BCUT2D eigenvalue weighted by Crippen LogP contribution is 2.30. The number of hydrogen-bond donors (Lipinski definition) is 1. The molecule has 1 aromatic rings. The van der Waals surface area contributed by atoms with E-state index in [0.717, 1.165) is 12.8 Å². The lowest BCUT2D eigenvalue weighted by atomic mass is 9.97. The number of alkyl halides is 3. The van der Waals surface area contributed by atoms with E-state index in [1.54, 1.807) is 25.7 Å². The molecular formula is C28H38F3N3O7. The molecule has 41 heavy (non-hydrogen) atoms. The summed E-state index contributed by atoms with van der Waals surface area (Å²) in [6.45, 7) is 6.49. The number of hydrogen-bond acceptors (Lipinski definition) is 7. The third-order valence-electron chi connectivity index (χ3n) is 6.92. The first-order chi connectivity index (χ1) is 19.1. The molecule has 13 heteroatoms. The summed E-state index contributed by atoms with van der Waals surface area (Å²) in [4.78, 5) is 54.8. The quantitative estimate of drug-likeness (QED) is 0.439. The van der Waals surface area contributed by atoms with Crippen molar-refractivity contribution in [3.8, 4) is 5.75 Å². The highest BCUT2D eigenvalue weighted by atomic mass is 19.4. The van der Waals surface area contributed by atoms with Crippen LogP contribution in [-0.2, 0) is 30.3 Å². The minimum absolute atomic E-state index is 0.0170. The van der Waals surface area contributed by atoms with Crippen LogP contribution < -0.4 is 10.1 Å². The molecule has 3 rings (SSSR count). The molecule has 228 valence electrons. The minimum atomic E-state index is -4.80. The number of benzene rings is 1. The predicted octanol–water partition coefficient (Wildman–Crippen LogP) is 3.81. The molecule has 2 fully saturated rings. The molecule has 0 radical (unpaired) electrons. The summed E-state index contributed by atoms with van der Waals surface area (Å²) in [5.74, 6) is -1.86. The summed E-state index contributed by atoms with van der Waals surface area (Å²) in [6, 6.07) is 3.35. The maximum Gasteiger partial charge on any atom is 0.573 e. The second-order valence-electron chi connectivity index (χ2n) is 11.4. The average Bonchev–Trinajstić information content (AvgIpc) is 3.55. The molecule has 10 nitrogen and oxygen atoms in total. The fourth-order valence-electron chi connectivity index (χ4n) is 5.13. The summed E-state index contributed by atoms with van der Waals surface area (Å²) in [7, 11) is 1.21. The van der Waals surface area contributed by atoms with E-state index in [0.29, 0.717) is 25.1 Å². The molecule has 3 amide bonds. The van der Waals surface area contributed by atoms with Crippen LogP contribution in [0, 0.1) is 5.92 Å². The molecule has 2 aliphatic rings. The Balaban J connectivity index is 1.74. The monoisotopic (exact) mass is 585 g/mol. The fourth-order valence-corrected chi connectivity index (χ4v) is 5.13. The molecule has 2 heterocycles. The highest BCUT2D eigenvalue weighted by molar-refractivity contribution is 5.91. The SMILES string of the molecule is COC(=O)C1CC(Cc2ccc(OC(F)(F)F)cc2)CN1C(=O)[C@@H](CCC(=O)N1CCCC1)NC(=O)OC(C)(C)C. The van der Waals surface area contributed by atoms with Crippen molar-refractivity contribution in [2.75, 3.05) is 26.7 Å². The van der Waals surface area contributed by atoms with Crippen LogP contribution in [0.1, 0.15) is 58.4 Å². The molecule has 0 aliphatic carbocycles. The Labute approximate surface area is 237 Å². The minimum Gasteiger partial charge on any atom is -0.467 e. The molecule has 0 spiro atoms. The first-order valence-corrected chi connectivity index (χ1v) is 13.7. The summed E-state index contributed by atoms with van der Waals surface area (Å²) >= 11 is 0. The Morgan fingerprint density at radius 3 is 2.24 bits per heavy atom. The van der Waals surface area contributed by atoms with Crippen LogP contribution in [0.25, 0.3) is 0 Å². The van der Waals surface area contributed by atoms with Gasteiger partial charge in [0.05, 0.1) is 7.11 Å². The van der Waals surface area contributed by atoms with Gasteiger partial charge >= 0.3 is 18.4 Å². The van der Waals surface area contributed by atoms with Crippen LogP contribution in [-0.4, -0.2) is 84.5 Å². The Kier molecular flexibility index (Phi) is 10.5. The molecule has 0 bridgehead atoms. The third-order valence-corrected chi connectivity index (χ3v) is 6.92. The second kappa shape index (κ2) is 13.4. The number of likely N-dealkylation sites (tertiary alicyclic amines) is 2. The zero-order chi connectivity index (χ0) is 30.4. The van der Waals surface area contributed by atoms with E-state index in [2.05, 4.69) is 10.1 Å². The van der Waals surface area contributed by atoms with Gasteiger partial charge in [-0.25, -0.2) is 9.59 Å². The average molecular weight is 586 g/mol. The third kappa shape index (κ3) is 9.82. The predicted molar refractivity (Wildman–Crippen MR) is 141 cm³/mol. The van der Waals surface area contributed by atoms with Gasteiger partial charge in [0.25, 0.3) is 0 Å². The van der Waals surface area contributed by atoms with Gasteiger partial charge in [0.1, 0.15) is 23.4 Å². The van der Waals surface area contributed by atoms with Crippen molar-refractivity contribution in [3.63, 3.8) is 0 Å². The van der Waals surface area contributed by atoms with Gasteiger partial charge in [0.2, 0.25) is 11.8 Å². The van der Waals surface area contributed by atoms with Crippen molar-refractivity contribution >= 4 is 23.9 Å². The second-order valence-corrected chi connectivity index (χ2v) is 11.4. The maximum absolute atomic E-state index is 13.8. The number of nitrogens with one attached hydrogen (secondary N) is 1. The van der Waals surface area contributed by atoms with Gasteiger partial charge in [-0.1, -0.05) is 12.1 Å². The zero-order valence-corrected chi connectivity index (χ0v) is 23.8. The van der Waals surface area contributed by atoms with Gasteiger partial charge in [-0.3, -0.25) is 9.59 Å². The van der Waals surface area contributed by atoms with Crippen LogP contribution in [0.4, 0.5) is 18.0 Å².